The van der Waals surface area contributed by atoms with Gasteiger partial charge in [-0.25, -0.2) is 9.18 Å². The normalized spacial score (nSPS) is 28.3. The fourth-order valence-corrected chi connectivity index (χ4v) is 3.88. The molecule has 3 aliphatic rings. The van der Waals surface area contributed by atoms with Crippen LogP contribution in [0, 0.1) is 17.7 Å². The van der Waals surface area contributed by atoms with E-state index in [9.17, 15) is 18.8 Å². The third-order valence-corrected chi connectivity index (χ3v) is 5.24. The first-order chi connectivity index (χ1) is 12.0. The number of carbonyl (C=O) groups is 3. The van der Waals surface area contributed by atoms with Gasteiger partial charge < -0.3 is 15.1 Å². The van der Waals surface area contributed by atoms with Gasteiger partial charge in [0, 0.05) is 32.2 Å². The molecule has 4 amide bonds. The number of hydrogen-bond donors (Lipinski definition) is 2. The van der Waals surface area contributed by atoms with Gasteiger partial charge in [0.05, 0.1) is 17.5 Å². The van der Waals surface area contributed by atoms with Crippen LogP contribution in [-0.4, -0.2) is 55.0 Å². The Morgan fingerprint density at radius 2 is 1.80 bits per heavy atom. The molecular weight excluding hydrogens is 327 g/mol. The third-order valence-electron chi connectivity index (χ3n) is 5.24. The second-order valence-corrected chi connectivity index (χ2v) is 6.80. The number of rotatable bonds is 2. The quantitative estimate of drug-likeness (QED) is 0.756. The van der Waals surface area contributed by atoms with Gasteiger partial charge in [0.15, 0.2) is 0 Å². The van der Waals surface area contributed by atoms with Crippen LogP contribution in [0.25, 0.3) is 0 Å². The molecule has 0 spiro atoms. The van der Waals surface area contributed by atoms with E-state index < -0.39 is 11.8 Å². The standard InChI is InChI=1S/C17H19FN4O3/c18-13-3-1-2-4-14(13)21-6-5-10(7-21)19-17(25)22-8-11-12(9-22)16(24)20-15(11)23/h1-4,10-12H,5-9H2,(H,19,25)(H,20,23,24)/t10?,11-,12+. The number of halogens is 1. The van der Waals surface area contributed by atoms with Gasteiger partial charge in [-0.1, -0.05) is 12.1 Å². The second kappa shape index (κ2) is 6.02. The zero-order chi connectivity index (χ0) is 17.6. The number of anilines is 1. The minimum atomic E-state index is -0.434. The molecule has 3 saturated heterocycles. The topological polar surface area (TPSA) is 81.8 Å². The molecule has 7 nitrogen and oxygen atoms in total. The van der Waals surface area contributed by atoms with Gasteiger partial charge in [0.25, 0.3) is 0 Å². The molecule has 3 heterocycles. The molecule has 1 aromatic carbocycles. The summed E-state index contributed by atoms with van der Waals surface area (Å²) in [6.45, 7) is 1.72. The van der Waals surface area contributed by atoms with Crippen LogP contribution in [0.4, 0.5) is 14.9 Å². The van der Waals surface area contributed by atoms with Gasteiger partial charge >= 0.3 is 6.03 Å². The van der Waals surface area contributed by atoms with E-state index in [4.69, 9.17) is 0 Å². The van der Waals surface area contributed by atoms with Crippen molar-refractivity contribution in [3.05, 3.63) is 30.1 Å². The van der Waals surface area contributed by atoms with Crippen LogP contribution in [-0.2, 0) is 9.59 Å². The van der Waals surface area contributed by atoms with Crippen LogP contribution in [0.15, 0.2) is 24.3 Å². The van der Waals surface area contributed by atoms with Gasteiger partial charge in [0.1, 0.15) is 5.82 Å². The number of hydrogen-bond acceptors (Lipinski definition) is 4. The lowest BCUT2D eigenvalue weighted by Gasteiger charge is -2.22. The predicted octanol–water partition coefficient (Wildman–Crippen LogP) is 0.318. The highest BCUT2D eigenvalue weighted by molar-refractivity contribution is 6.06. The Hall–Kier alpha value is -2.64. The number of para-hydroxylation sites is 1. The number of nitrogens with zero attached hydrogens (tertiary/aromatic N) is 2. The van der Waals surface area contributed by atoms with E-state index in [2.05, 4.69) is 10.6 Å². The van der Waals surface area contributed by atoms with Crippen LogP contribution in [0.2, 0.25) is 0 Å². The molecule has 3 aliphatic heterocycles. The number of fused-ring (bicyclic) bond motifs is 1. The number of likely N-dealkylation sites (tertiary alicyclic amines) is 1. The maximum Gasteiger partial charge on any atom is 0.317 e. The van der Waals surface area contributed by atoms with Gasteiger partial charge in [0.2, 0.25) is 11.8 Å². The summed E-state index contributed by atoms with van der Waals surface area (Å²) in [5, 5.41) is 5.24. The highest BCUT2D eigenvalue weighted by Gasteiger charge is 2.49. The Kier molecular flexibility index (Phi) is 3.82. The summed E-state index contributed by atoms with van der Waals surface area (Å²) in [4.78, 5) is 39.2. The fourth-order valence-electron chi connectivity index (χ4n) is 3.88. The number of urea groups is 1. The van der Waals surface area contributed by atoms with E-state index in [0.717, 1.165) is 6.42 Å². The van der Waals surface area contributed by atoms with E-state index in [1.807, 2.05) is 4.90 Å². The van der Waals surface area contributed by atoms with Crippen molar-refractivity contribution in [2.45, 2.75) is 12.5 Å². The predicted molar refractivity (Wildman–Crippen MR) is 87.3 cm³/mol. The van der Waals surface area contributed by atoms with E-state index in [1.54, 1.807) is 18.2 Å². The summed E-state index contributed by atoms with van der Waals surface area (Å²) in [7, 11) is 0. The Balaban J connectivity index is 1.35. The molecule has 3 atom stereocenters. The number of nitrogens with one attached hydrogen (secondary N) is 2. The maximum atomic E-state index is 13.9. The molecule has 4 rings (SSSR count). The summed E-state index contributed by atoms with van der Waals surface area (Å²) < 4.78 is 13.9. The molecule has 132 valence electrons. The van der Waals surface area contributed by atoms with E-state index in [-0.39, 0.29) is 42.8 Å². The molecule has 8 heteroatoms. The van der Waals surface area contributed by atoms with Crippen LogP contribution in [0.3, 0.4) is 0 Å². The maximum absolute atomic E-state index is 13.9. The lowest BCUT2D eigenvalue weighted by atomic mass is 10.00. The van der Waals surface area contributed by atoms with Crippen molar-refractivity contribution in [3.63, 3.8) is 0 Å². The monoisotopic (exact) mass is 346 g/mol. The summed E-state index contributed by atoms with van der Waals surface area (Å²) in [5.41, 5.74) is 0.539. The molecule has 0 aromatic heterocycles. The van der Waals surface area contributed by atoms with E-state index in [0.29, 0.717) is 18.8 Å². The van der Waals surface area contributed by atoms with Crippen molar-refractivity contribution in [2.24, 2.45) is 11.8 Å². The van der Waals surface area contributed by atoms with Crippen molar-refractivity contribution >= 4 is 23.5 Å². The summed E-state index contributed by atoms with van der Waals surface area (Å²) in [6, 6.07) is 6.23. The van der Waals surface area contributed by atoms with Crippen LogP contribution < -0.4 is 15.5 Å². The van der Waals surface area contributed by atoms with E-state index >= 15 is 0 Å². The van der Waals surface area contributed by atoms with Crippen molar-refractivity contribution < 1.29 is 18.8 Å². The Labute approximate surface area is 144 Å². The lowest BCUT2D eigenvalue weighted by Crippen LogP contribution is -2.46. The van der Waals surface area contributed by atoms with E-state index in [1.165, 1.54) is 11.0 Å². The number of carbonyl (C=O) groups excluding carboxylic acids is 3. The molecule has 2 N–H and O–H groups in total. The average Bonchev–Trinajstić information content (AvgIpc) is 3.27. The highest BCUT2D eigenvalue weighted by atomic mass is 19.1. The molecule has 1 unspecified atom stereocenters. The molecular formula is C17H19FN4O3. The molecule has 0 radical (unpaired) electrons. The molecule has 1 aromatic rings. The molecule has 0 aliphatic carbocycles. The largest absolute Gasteiger partial charge is 0.367 e. The minimum Gasteiger partial charge on any atom is -0.367 e. The Bertz CT molecular complexity index is 718. The molecule has 0 saturated carbocycles. The molecule has 3 fully saturated rings. The van der Waals surface area contributed by atoms with Crippen molar-refractivity contribution in [3.8, 4) is 0 Å². The first-order valence-corrected chi connectivity index (χ1v) is 8.42. The van der Waals surface area contributed by atoms with Gasteiger partial charge in [-0.3, -0.25) is 14.9 Å². The van der Waals surface area contributed by atoms with Crippen molar-refractivity contribution in [1.82, 2.24) is 15.5 Å². The first-order valence-electron chi connectivity index (χ1n) is 8.42. The fraction of sp³-hybridized carbons (Fsp3) is 0.471. The van der Waals surface area contributed by atoms with Gasteiger partial charge in [-0.05, 0) is 18.6 Å². The van der Waals surface area contributed by atoms with Crippen molar-refractivity contribution in [1.29, 1.82) is 0 Å². The minimum absolute atomic E-state index is 0.0860. The highest BCUT2D eigenvalue weighted by Crippen LogP contribution is 2.28. The van der Waals surface area contributed by atoms with Crippen LogP contribution in [0.1, 0.15) is 6.42 Å². The smallest absolute Gasteiger partial charge is 0.317 e. The Morgan fingerprint density at radius 1 is 1.12 bits per heavy atom. The summed E-state index contributed by atoms with van der Waals surface area (Å²) in [6.07, 6.45) is 0.722. The lowest BCUT2D eigenvalue weighted by molar-refractivity contribution is -0.126. The number of amides is 4. The molecule has 25 heavy (non-hydrogen) atoms. The van der Waals surface area contributed by atoms with Crippen LogP contribution >= 0.6 is 0 Å². The zero-order valence-corrected chi connectivity index (χ0v) is 13.6. The summed E-state index contributed by atoms with van der Waals surface area (Å²) in [5.74, 6) is -1.73. The van der Waals surface area contributed by atoms with Crippen molar-refractivity contribution in [2.75, 3.05) is 31.1 Å². The van der Waals surface area contributed by atoms with Gasteiger partial charge in [-0.2, -0.15) is 0 Å². The third kappa shape index (κ3) is 2.81. The second-order valence-electron chi connectivity index (χ2n) is 6.80. The average molecular weight is 346 g/mol. The summed E-state index contributed by atoms with van der Waals surface area (Å²) >= 11 is 0. The van der Waals surface area contributed by atoms with Crippen LogP contribution in [0.5, 0.6) is 0 Å². The molecule has 0 bridgehead atoms. The first kappa shape index (κ1) is 15.9. The SMILES string of the molecule is O=C1NC(=O)[C@@H]2CN(C(=O)NC3CCN(c4ccccc4F)C3)C[C@H]12. The van der Waals surface area contributed by atoms with Gasteiger partial charge in [-0.15, -0.1) is 0 Å². The zero-order valence-electron chi connectivity index (χ0n) is 13.6. The number of benzene rings is 1. The Morgan fingerprint density at radius 3 is 2.48 bits per heavy atom. The number of imide groups is 1.